The molecule has 7 nitrogen and oxygen atoms in total. The Hall–Kier alpha value is -2.18. The van der Waals surface area contributed by atoms with Crippen LogP contribution in [0.25, 0.3) is 0 Å². The molecule has 0 aliphatic carbocycles. The van der Waals surface area contributed by atoms with Crippen LogP contribution in [-0.4, -0.2) is 38.1 Å². The lowest BCUT2D eigenvalue weighted by molar-refractivity contribution is 0.608. The predicted molar refractivity (Wildman–Crippen MR) is 78.7 cm³/mol. The third-order valence-electron chi connectivity index (χ3n) is 2.95. The average molecular weight is 275 g/mol. The molecular weight excluding hydrogens is 254 g/mol. The molecular formula is C13H21N7. The molecule has 20 heavy (non-hydrogen) atoms. The lowest BCUT2D eigenvalue weighted by Gasteiger charge is -2.14. The van der Waals surface area contributed by atoms with Crippen molar-refractivity contribution < 1.29 is 0 Å². The zero-order chi connectivity index (χ0) is 14.2. The number of hydrogen-bond donors (Lipinski definition) is 2. The van der Waals surface area contributed by atoms with Gasteiger partial charge >= 0.3 is 0 Å². The van der Waals surface area contributed by atoms with Gasteiger partial charge in [0.25, 0.3) is 0 Å². The second-order valence-electron chi connectivity index (χ2n) is 4.42. The van der Waals surface area contributed by atoms with E-state index in [0.717, 1.165) is 49.7 Å². The Morgan fingerprint density at radius 3 is 2.45 bits per heavy atom. The summed E-state index contributed by atoms with van der Waals surface area (Å²) in [5.41, 5.74) is 1.12. The number of anilines is 2. The second kappa shape index (κ2) is 7.42. The van der Waals surface area contributed by atoms with Crippen molar-refractivity contribution in [1.29, 1.82) is 0 Å². The van der Waals surface area contributed by atoms with E-state index in [0.29, 0.717) is 0 Å². The Labute approximate surface area is 118 Å². The molecule has 2 N–H and O–H groups in total. The van der Waals surface area contributed by atoms with Crippen LogP contribution in [-0.2, 0) is 13.0 Å². The normalized spacial score (nSPS) is 10.5. The van der Waals surface area contributed by atoms with E-state index in [1.54, 1.807) is 17.2 Å². The van der Waals surface area contributed by atoms with Crippen molar-refractivity contribution in [2.75, 3.05) is 23.7 Å². The first-order chi connectivity index (χ1) is 9.85. The number of nitrogens with one attached hydrogen (secondary N) is 2. The van der Waals surface area contributed by atoms with Gasteiger partial charge in [-0.15, -0.1) is 5.10 Å². The quantitative estimate of drug-likeness (QED) is 0.761. The Bertz CT molecular complexity index is 509. The average Bonchev–Trinajstić information content (AvgIpc) is 2.98. The molecule has 108 valence electrons. The summed E-state index contributed by atoms with van der Waals surface area (Å²) >= 11 is 0. The fraction of sp³-hybridized carbons (Fsp3) is 0.538. The molecule has 0 spiro atoms. The van der Waals surface area contributed by atoms with Gasteiger partial charge in [-0.2, -0.15) is 0 Å². The lowest BCUT2D eigenvalue weighted by atomic mass is 10.2. The van der Waals surface area contributed by atoms with Crippen molar-refractivity contribution in [3.63, 3.8) is 0 Å². The van der Waals surface area contributed by atoms with Crippen molar-refractivity contribution in [3.8, 4) is 0 Å². The van der Waals surface area contributed by atoms with Crippen molar-refractivity contribution in [1.82, 2.24) is 25.0 Å². The Kier molecular flexibility index (Phi) is 5.28. The molecule has 0 unspecified atom stereocenters. The summed E-state index contributed by atoms with van der Waals surface area (Å²) in [6, 6.07) is 0. The summed E-state index contributed by atoms with van der Waals surface area (Å²) in [6.45, 7) is 6.67. The fourth-order valence-electron chi connectivity index (χ4n) is 1.94. The minimum Gasteiger partial charge on any atom is -0.370 e. The second-order valence-corrected chi connectivity index (χ2v) is 4.42. The van der Waals surface area contributed by atoms with E-state index in [-0.39, 0.29) is 0 Å². The number of aromatic nitrogens is 5. The van der Waals surface area contributed by atoms with Gasteiger partial charge in [-0.1, -0.05) is 19.1 Å². The zero-order valence-electron chi connectivity index (χ0n) is 12.0. The molecule has 0 aliphatic rings. The van der Waals surface area contributed by atoms with Crippen LogP contribution in [0.1, 0.15) is 25.8 Å². The van der Waals surface area contributed by atoms with E-state index < -0.39 is 0 Å². The summed E-state index contributed by atoms with van der Waals surface area (Å²) in [6.07, 6.45) is 7.07. The van der Waals surface area contributed by atoms with Gasteiger partial charge in [0.15, 0.2) is 0 Å². The first kappa shape index (κ1) is 14.2. The van der Waals surface area contributed by atoms with Gasteiger partial charge in [0.05, 0.1) is 12.7 Å². The van der Waals surface area contributed by atoms with E-state index in [4.69, 9.17) is 0 Å². The van der Waals surface area contributed by atoms with Gasteiger partial charge < -0.3 is 10.6 Å². The molecule has 2 heterocycles. The van der Waals surface area contributed by atoms with Crippen molar-refractivity contribution in [3.05, 3.63) is 24.3 Å². The van der Waals surface area contributed by atoms with Crippen LogP contribution in [0.2, 0.25) is 0 Å². The smallest absolute Gasteiger partial charge is 0.134 e. The van der Waals surface area contributed by atoms with E-state index in [2.05, 4.69) is 44.8 Å². The van der Waals surface area contributed by atoms with Crippen LogP contribution in [0.15, 0.2) is 18.7 Å². The molecule has 0 fully saturated rings. The van der Waals surface area contributed by atoms with E-state index in [1.807, 2.05) is 6.20 Å². The predicted octanol–water partition coefficient (Wildman–Crippen LogP) is 1.56. The molecule has 0 saturated heterocycles. The van der Waals surface area contributed by atoms with Crippen LogP contribution < -0.4 is 10.6 Å². The van der Waals surface area contributed by atoms with Crippen LogP contribution in [0.5, 0.6) is 0 Å². The third kappa shape index (κ3) is 3.66. The summed E-state index contributed by atoms with van der Waals surface area (Å²) in [5, 5.41) is 14.4. The van der Waals surface area contributed by atoms with Crippen LogP contribution in [0, 0.1) is 0 Å². The topological polar surface area (TPSA) is 80.5 Å². The largest absolute Gasteiger partial charge is 0.370 e. The standard InChI is InChI=1S/C13H21N7/c1-3-5-14-12-11(4-2)13(17-10-16-12)15-6-8-20-9-7-18-19-20/h7,9-10H,3-6,8H2,1-2H3,(H2,14,15,16,17). The highest BCUT2D eigenvalue weighted by Gasteiger charge is 2.08. The Morgan fingerprint density at radius 1 is 1.10 bits per heavy atom. The molecule has 0 atom stereocenters. The minimum atomic E-state index is 0.751. The number of rotatable bonds is 8. The van der Waals surface area contributed by atoms with Gasteiger partial charge in [0.2, 0.25) is 0 Å². The Morgan fingerprint density at radius 2 is 1.85 bits per heavy atom. The first-order valence-electron chi connectivity index (χ1n) is 7.00. The molecule has 0 radical (unpaired) electrons. The first-order valence-corrected chi connectivity index (χ1v) is 7.00. The number of hydrogen-bond acceptors (Lipinski definition) is 6. The summed E-state index contributed by atoms with van der Waals surface area (Å²) in [7, 11) is 0. The highest BCUT2D eigenvalue weighted by atomic mass is 15.4. The third-order valence-corrected chi connectivity index (χ3v) is 2.95. The number of nitrogens with zero attached hydrogens (tertiary/aromatic N) is 5. The monoisotopic (exact) mass is 275 g/mol. The maximum atomic E-state index is 4.33. The molecule has 2 rings (SSSR count). The maximum Gasteiger partial charge on any atom is 0.134 e. The van der Waals surface area contributed by atoms with Crippen molar-refractivity contribution in [2.24, 2.45) is 0 Å². The zero-order valence-corrected chi connectivity index (χ0v) is 12.0. The minimum absolute atomic E-state index is 0.751. The van der Waals surface area contributed by atoms with Crippen LogP contribution in [0.3, 0.4) is 0 Å². The van der Waals surface area contributed by atoms with Gasteiger partial charge in [0, 0.05) is 24.8 Å². The van der Waals surface area contributed by atoms with Gasteiger partial charge in [-0.3, -0.25) is 4.68 Å². The van der Waals surface area contributed by atoms with Gasteiger partial charge in [-0.25, -0.2) is 9.97 Å². The van der Waals surface area contributed by atoms with Crippen molar-refractivity contribution >= 4 is 11.6 Å². The van der Waals surface area contributed by atoms with Crippen LogP contribution in [0.4, 0.5) is 11.6 Å². The molecule has 2 aromatic rings. The summed E-state index contributed by atoms with van der Waals surface area (Å²) < 4.78 is 1.79. The van der Waals surface area contributed by atoms with E-state index >= 15 is 0 Å². The SMILES string of the molecule is CCCNc1ncnc(NCCn2ccnn2)c1CC. The molecule has 2 aromatic heterocycles. The molecule has 7 heteroatoms. The summed E-state index contributed by atoms with van der Waals surface area (Å²) in [4.78, 5) is 8.65. The molecule has 0 bridgehead atoms. The molecule has 0 aliphatic heterocycles. The van der Waals surface area contributed by atoms with Gasteiger partial charge in [0.1, 0.15) is 18.0 Å². The van der Waals surface area contributed by atoms with E-state index in [9.17, 15) is 0 Å². The highest BCUT2D eigenvalue weighted by molar-refractivity contribution is 5.57. The maximum absolute atomic E-state index is 4.33. The van der Waals surface area contributed by atoms with E-state index in [1.165, 1.54) is 0 Å². The summed E-state index contributed by atoms with van der Waals surface area (Å²) in [5.74, 6) is 1.81. The lowest BCUT2D eigenvalue weighted by Crippen LogP contribution is -2.15. The van der Waals surface area contributed by atoms with Crippen molar-refractivity contribution in [2.45, 2.75) is 33.2 Å². The molecule has 0 amide bonds. The molecule has 0 aromatic carbocycles. The molecule has 0 saturated carbocycles. The highest BCUT2D eigenvalue weighted by Crippen LogP contribution is 2.20. The fourth-order valence-corrected chi connectivity index (χ4v) is 1.94. The van der Waals surface area contributed by atoms with Gasteiger partial charge in [-0.05, 0) is 12.8 Å². The Balaban J connectivity index is 1.99. The van der Waals surface area contributed by atoms with Crippen LogP contribution >= 0.6 is 0 Å².